The number of hydrogen-bond acceptors (Lipinski definition) is 2. The summed E-state index contributed by atoms with van der Waals surface area (Å²) in [7, 11) is 2.02. The summed E-state index contributed by atoms with van der Waals surface area (Å²) in [6.07, 6.45) is 0.795. The molecular formula is C19H21N3O. The molecule has 4 nitrogen and oxygen atoms in total. The molecule has 2 aromatic carbocycles. The highest BCUT2D eigenvalue weighted by Gasteiger charge is 2.07. The molecule has 1 aromatic heterocycles. The molecule has 1 amide bonds. The van der Waals surface area contributed by atoms with Crippen molar-refractivity contribution in [3.05, 3.63) is 65.0 Å². The molecular weight excluding hydrogens is 286 g/mol. The van der Waals surface area contributed by atoms with E-state index in [1.165, 1.54) is 5.56 Å². The number of carbonyl (C=O) groups excluding carboxylic acids is 1. The number of rotatable bonds is 4. The van der Waals surface area contributed by atoms with Crippen LogP contribution in [-0.2, 0) is 13.5 Å². The molecule has 0 unspecified atom stereocenters. The number of aromatic nitrogens is 2. The maximum absolute atomic E-state index is 12.1. The molecule has 3 rings (SSSR count). The molecule has 1 heterocycles. The first kappa shape index (κ1) is 15.3. The first-order chi connectivity index (χ1) is 11.0. The third-order valence-electron chi connectivity index (χ3n) is 4.15. The Kier molecular flexibility index (Phi) is 4.15. The van der Waals surface area contributed by atoms with Gasteiger partial charge in [-0.05, 0) is 50.1 Å². The zero-order valence-corrected chi connectivity index (χ0v) is 13.8. The maximum atomic E-state index is 12.1. The monoisotopic (exact) mass is 307 g/mol. The van der Waals surface area contributed by atoms with E-state index in [1.54, 1.807) is 0 Å². The van der Waals surface area contributed by atoms with Crippen LogP contribution in [0.1, 0.15) is 27.3 Å². The van der Waals surface area contributed by atoms with Crippen LogP contribution in [0.3, 0.4) is 0 Å². The van der Waals surface area contributed by atoms with Crippen LogP contribution < -0.4 is 5.32 Å². The van der Waals surface area contributed by atoms with E-state index in [4.69, 9.17) is 0 Å². The van der Waals surface area contributed by atoms with Crippen LogP contribution in [-0.4, -0.2) is 22.0 Å². The molecule has 23 heavy (non-hydrogen) atoms. The Bertz CT molecular complexity index is 864. The zero-order valence-electron chi connectivity index (χ0n) is 13.8. The second-order valence-corrected chi connectivity index (χ2v) is 5.92. The summed E-state index contributed by atoms with van der Waals surface area (Å²) in [5.41, 5.74) is 5.12. The SMILES string of the molecule is Cc1cccc(C(=O)NCCc2ccc3c(c2)nc(C)n3C)c1. The number of fused-ring (bicyclic) bond motifs is 1. The number of nitrogens with zero attached hydrogens (tertiary/aromatic N) is 2. The van der Waals surface area contributed by atoms with Crippen molar-refractivity contribution >= 4 is 16.9 Å². The summed E-state index contributed by atoms with van der Waals surface area (Å²) in [6.45, 7) is 4.60. The van der Waals surface area contributed by atoms with Crippen LogP contribution in [0.5, 0.6) is 0 Å². The Hall–Kier alpha value is -2.62. The summed E-state index contributed by atoms with van der Waals surface area (Å²) in [4.78, 5) is 16.7. The lowest BCUT2D eigenvalue weighted by Gasteiger charge is -2.06. The van der Waals surface area contributed by atoms with Crippen molar-refractivity contribution in [3.8, 4) is 0 Å². The second kappa shape index (κ2) is 6.24. The number of aryl methyl sites for hydroxylation is 3. The van der Waals surface area contributed by atoms with Crippen molar-refractivity contribution in [2.24, 2.45) is 7.05 Å². The van der Waals surface area contributed by atoms with Crippen molar-refractivity contribution in [2.45, 2.75) is 20.3 Å². The van der Waals surface area contributed by atoms with E-state index in [1.807, 2.05) is 45.2 Å². The van der Waals surface area contributed by atoms with Crippen LogP contribution >= 0.6 is 0 Å². The van der Waals surface area contributed by atoms with Crippen LogP contribution in [0, 0.1) is 13.8 Å². The first-order valence-corrected chi connectivity index (χ1v) is 7.81. The van der Waals surface area contributed by atoms with Gasteiger partial charge in [0.2, 0.25) is 0 Å². The molecule has 3 aromatic rings. The average molecular weight is 307 g/mol. The Labute approximate surface area is 136 Å². The number of hydrogen-bond donors (Lipinski definition) is 1. The molecule has 4 heteroatoms. The molecule has 0 aliphatic rings. The molecule has 118 valence electrons. The minimum absolute atomic E-state index is 0.0246. The number of amides is 1. The highest BCUT2D eigenvalue weighted by atomic mass is 16.1. The molecule has 0 radical (unpaired) electrons. The molecule has 0 fully saturated rings. The third-order valence-corrected chi connectivity index (χ3v) is 4.15. The van der Waals surface area contributed by atoms with Crippen molar-refractivity contribution < 1.29 is 4.79 Å². The molecule has 0 bridgehead atoms. The molecule has 0 spiro atoms. The molecule has 1 N–H and O–H groups in total. The van der Waals surface area contributed by atoms with E-state index in [-0.39, 0.29) is 5.91 Å². The van der Waals surface area contributed by atoms with Gasteiger partial charge < -0.3 is 9.88 Å². The van der Waals surface area contributed by atoms with Gasteiger partial charge in [0, 0.05) is 19.2 Å². The van der Waals surface area contributed by atoms with E-state index in [2.05, 4.69) is 33.1 Å². The predicted molar refractivity (Wildman–Crippen MR) is 92.7 cm³/mol. The minimum atomic E-state index is -0.0246. The van der Waals surface area contributed by atoms with Gasteiger partial charge in [0.1, 0.15) is 5.82 Å². The molecule has 0 saturated carbocycles. The molecule has 0 atom stereocenters. The van der Waals surface area contributed by atoms with Gasteiger partial charge in [-0.15, -0.1) is 0 Å². The lowest BCUT2D eigenvalue weighted by molar-refractivity contribution is 0.0954. The van der Waals surface area contributed by atoms with Crippen molar-refractivity contribution in [3.63, 3.8) is 0 Å². The highest BCUT2D eigenvalue weighted by molar-refractivity contribution is 5.94. The lowest BCUT2D eigenvalue weighted by atomic mass is 10.1. The second-order valence-electron chi connectivity index (χ2n) is 5.92. The predicted octanol–water partition coefficient (Wildman–Crippen LogP) is 3.16. The summed E-state index contributed by atoms with van der Waals surface area (Å²) >= 11 is 0. The Morgan fingerprint density at radius 3 is 2.78 bits per heavy atom. The Morgan fingerprint density at radius 1 is 1.17 bits per heavy atom. The smallest absolute Gasteiger partial charge is 0.251 e. The minimum Gasteiger partial charge on any atom is -0.352 e. The van der Waals surface area contributed by atoms with Gasteiger partial charge in [0.15, 0.2) is 0 Å². The van der Waals surface area contributed by atoms with Gasteiger partial charge >= 0.3 is 0 Å². The van der Waals surface area contributed by atoms with Crippen molar-refractivity contribution in [1.29, 1.82) is 0 Å². The number of nitrogens with one attached hydrogen (secondary N) is 1. The third kappa shape index (κ3) is 3.26. The Morgan fingerprint density at radius 2 is 2.00 bits per heavy atom. The van der Waals surface area contributed by atoms with Crippen LogP contribution in [0.2, 0.25) is 0 Å². The quantitative estimate of drug-likeness (QED) is 0.805. The van der Waals surface area contributed by atoms with Gasteiger partial charge in [-0.25, -0.2) is 4.98 Å². The molecule has 0 aliphatic carbocycles. The normalized spacial score (nSPS) is 10.9. The number of benzene rings is 2. The van der Waals surface area contributed by atoms with Gasteiger partial charge in [-0.3, -0.25) is 4.79 Å². The standard InChI is InChI=1S/C19H21N3O/c1-13-5-4-6-16(11-13)19(23)20-10-9-15-7-8-18-17(12-15)21-14(2)22(18)3/h4-8,11-12H,9-10H2,1-3H3,(H,20,23). The molecule has 0 aliphatic heterocycles. The van der Waals surface area contributed by atoms with Crippen molar-refractivity contribution in [2.75, 3.05) is 6.54 Å². The number of carbonyl (C=O) groups is 1. The van der Waals surface area contributed by atoms with E-state index in [0.717, 1.165) is 28.8 Å². The maximum Gasteiger partial charge on any atom is 0.251 e. The van der Waals surface area contributed by atoms with Gasteiger partial charge in [-0.1, -0.05) is 23.8 Å². The number of imidazole rings is 1. The summed E-state index contributed by atoms with van der Waals surface area (Å²) < 4.78 is 2.08. The lowest BCUT2D eigenvalue weighted by Crippen LogP contribution is -2.25. The van der Waals surface area contributed by atoms with Crippen molar-refractivity contribution in [1.82, 2.24) is 14.9 Å². The highest BCUT2D eigenvalue weighted by Crippen LogP contribution is 2.16. The fraction of sp³-hybridized carbons (Fsp3) is 0.263. The average Bonchev–Trinajstić information content (AvgIpc) is 2.81. The van der Waals surface area contributed by atoms with Crippen LogP contribution in [0.15, 0.2) is 42.5 Å². The van der Waals surface area contributed by atoms with E-state index >= 15 is 0 Å². The first-order valence-electron chi connectivity index (χ1n) is 7.81. The topological polar surface area (TPSA) is 46.9 Å². The summed E-state index contributed by atoms with van der Waals surface area (Å²) in [5, 5.41) is 2.97. The zero-order chi connectivity index (χ0) is 16.4. The fourth-order valence-corrected chi connectivity index (χ4v) is 2.73. The Balaban J connectivity index is 1.63. The fourth-order valence-electron chi connectivity index (χ4n) is 2.73. The van der Waals surface area contributed by atoms with E-state index < -0.39 is 0 Å². The van der Waals surface area contributed by atoms with Crippen LogP contribution in [0.4, 0.5) is 0 Å². The summed E-state index contributed by atoms with van der Waals surface area (Å²) in [6, 6.07) is 13.9. The van der Waals surface area contributed by atoms with Crippen LogP contribution in [0.25, 0.3) is 11.0 Å². The van der Waals surface area contributed by atoms with Gasteiger partial charge in [-0.2, -0.15) is 0 Å². The van der Waals surface area contributed by atoms with Gasteiger partial charge in [0.25, 0.3) is 5.91 Å². The summed E-state index contributed by atoms with van der Waals surface area (Å²) in [5.74, 6) is 0.980. The van der Waals surface area contributed by atoms with E-state index in [9.17, 15) is 4.79 Å². The van der Waals surface area contributed by atoms with Gasteiger partial charge in [0.05, 0.1) is 11.0 Å². The largest absolute Gasteiger partial charge is 0.352 e. The van der Waals surface area contributed by atoms with E-state index in [0.29, 0.717) is 12.1 Å². The molecule has 0 saturated heterocycles.